The number of aliphatic hydroxyl groups excluding tert-OH is 2. The van der Waals surface area contributed by atoms with Gasteiger partial charge in [0, 0.05) is 6.61 Å². The van der Waals surface area contributed by atoms with Crippen molar-refractivity contribution in [1.29, 1.82) is 0 Å². The van der Waals surface area contributed by atoms with Crippen molar-refractivity contribution in [3.63, 3.8) is 0 Å². The average molecular weight is 393 g/mol. The molecule has 2 N–H and O–H groups in total. The minimum absolute atomic E-state index is 0.0143. The largest absolute Gasteiger partial charge is 0.407 e. The summed E-state index contributed by atoms with van der Waals surface area (Å²) in [6.45, 7) is 7.00. The Hall–Kier alpha value is -1.17. The Kier molecular flexibility index (Phi) is 7.44. The molecule has 26 heavy (non-hydrogen) atoms. The average Bonchev–Trinajstić information content (AvgIpc) is 2.64. The van der Waals surface area contributed by atoms with E-state index >= 15 is 0 Å². The molecule has 0 aliphatic carbocycles. The molecule has 0 aliphatic heterocycles. The van der Waals surface area contributed by atoms with Gasteiger partial charge in [0.1, 0.15) is 0 Å². The summed E-state index contributed by atoms with van der Waals surface area (Å²) in [4.78, 5) is 0. The molecule has 0 saturated heterocycles. The molecule has 0 aliphatic rings. The Balaban J connectivity index is 2.41. The van der Waals surface area contributed by atoms with Crippen molar-refractivity contribution in [3.05, 3.63) is 60.7 Å². The van der Waals surface area contributed by atoms with Gasteiger partial charge in [0.2, 0.25) is 0 Å². The van der Waals surface area contributed by atoms with Crippen molar-refractivity contribution in [2.24, 2.45) is 0 Å². The lowest BCUT2D eigenvalue weighted by molar-refractivity contribution is 0.0195. The molecule has 0 radical (unpaired) electrons. The van der Waals surface area contributed by atoms with E-state index in [1.165, 1.54) is 10.4 Å². The molecule has 0 saturated carbocycles. The van der Waals surface area contributed by atoms with Crippen molar-refractivity contribution >= 4 is 30.3 Å². The van der Waals surface area contributed by atoms with E-state index in [0.717, 1.165) is 0 Å². The first-order valence-corrected chi connectivity index (χ1v) is 11.4. The highest BCUT2D eigenvalue weighted by molar-refractivity contribution is 6.99. The van der Waals surface area contributed by atoms with E-state index in [0.29, 0.717) is 13.0 Å². The lowest BCUT2D eigenvalue weighted by Crippen LogP contribution is -2.66. The number of hydrogen-bond donors (Lipinski definition) is 2. The van der Waals surface area contributed by atoms with E-state index in [9.17, 15) is 10.2 Å². The van der Waals surface area contributed by atoms with Crippen LogP contribution in [0.5, 0.6) is 0 Å². The molecule has 3 nitrogen and oxygen atoms in total. The van der Waals surface area contributed by atoms with E-state index in [1.54, 1.807) is 0 Å². The summed E-state index contributed by atoms with van der Waals surface area (Å²) in [6, 6.07) is 20.7. The van der Waals surface area contributed by atoms with Gasteiger partial charge in [-0.1, -0.05) is 81.4 Å². The van der Waals surface area contributed by atoms with E-state index < -0.39 is 20.5 Å². The lowest BCUT2D eigenvalue weighted by atomic mass is 10.2. The number of alkyl halides is 1. The molecule has 2 atom stereocenters. The highest BCUT2D eigenvalue weighted by Crippen LogP contribution is 2.36. The summed E-state index contributed by atoms with van der Waals surface area (Å²) in [7, 11) is -2.59. The van der Waals surface area contributed by atoms with Crippen LogP contribution in [0.15, 0.2) is 60.7 Å². The van der Waals surface area contributed by atoms with Crippen molar-refractivity contribution in [2.45, 2.75) is 44.4 Å². The van der Waals surface area contributed by atoms with Gasteiger partial charge in [0.25, 0.3) is 8.32 Å². The molecule has 0 spiro atoms. The van der Waals surface area contributed by atoms with Crippen LogP contribution in [-0.2, 0) is 4.43 Å². The Morgan fingerprint density at radius 1 is 0.885 bits per heavy atom. The summed E-state index contributed by atoms with van der Waals surface area (Å²) in [5.41, 5.74) is 0. The van der Waals surface area contributed by atoms with Crippen molar-refractivity contribution in [2.75, 3.05) is 12.5 Å². The molecule has 0 amide bonds. The van der Waals surface area contributed by atoms with Gasteiger partial charge in [-0.2, -0.15) is 0 Å². The normalized spacial score (nSPS) is 14.8. The third kappa shape index (κ3) is 4.56. The lowest BCUT2D eigenvalue weighted by Gasteiger charge is -2.43. The predicted molar refractivity (Wildman–Crippen MR) is 111 cm³/mol. The maximum absolute atomic E-state index is 10.1. The van der Waals surface area contributed by atoms with Gasteiger partial charge < -0.3 is 14.6 Å². The fourth-order valence-corrected chi connectivity index (χ4v) is 8.17. The zero-order valence-electron chi connectivity index (χ0n) is 15.7. The van der Waals surface area contributed by atoms with Gasteiger partial charge in [-0.25, -0.2) is 0 Å². The van der Waals surface area contributed by atoms with Gasteiger partial charge >= 0.3 is 0 Å². The predicted octanol–water partition coefficient (Wildman–Crippen LogP) is 2.91. The molecule has 0 aromatic heterocycles. The second-order valence-electron chi connectivity index (χ2n) is 7.59. The zero-order valence-corrected chi connectivity index (χ0v) is 17.5. The number of aliphatic hydroxyl groups is 2. The Labute approximate surface area is 162 Å². The highest BCUT2D eigenvalue weighted by atomic mass is 35.5. The number of rotatable bonds is 8. The Morgan fingerprint density at radius 3 is 1.73 bits per heavy atom. The summed E-state index contributed by atoms with van der Waals surface area (Å²) in [5.74, 6) is 0.0143. The van der Waals surface area contributed by atoms with Crippen LogP contribution in [0.4, 0.5) is 0 Å². The number of halogens is 1. The summed E-state index contributed by atoms with van der Waals surface area (Å²) < 4.78 is 6.66. The molecular formula is C21H29ClO3Si. The van der Waals surface area contributed by atoms with Crippen LogP contribution in [0, 0.1) is 0 Å². The van der Waals surface area contributed by atoms with Gasteiger partial charge in [0.05, 0.1) is 18.1 Å². The van der Waals surface area contributed by atoms with Gasteiger partial charge in [0.15, 0.2) is 0 Å². The monoisotopic (exact) mass is 392 g/mol. The van der Waals surface area contributed by atoms with E-state index in [2.05, 4.69) is 45.0 Å². The molecule has 142 valence electrons. The van der Waals surface area contributed by atoms with Crippen LogP contribution in [0.3, 0.4) is 0 Å². The zero-order chi connectivity index (χ0) is 19.2. The molecule has 2 aromatic carbocycles. The molecule has 0 heterocycles. The summed E-state index contributed by atoms with van der Waals surface area (Å²) in [5, 5.41) is 22.1. The molecule has 5 heteroatoms. The minimum Gasteiger partial charge on any atom is -0.407 e. The van der Waals surface area contributed by atoms with E-state index in [1.807, 2.05) is 36.4 Å². The Bertz CT molecular complexity index is 618. The quantitative estimate of drug-likeness (QED) is 0.536. The van der Waals surface area contributed by atoms with Crippen LogP contribution in [-0.4, -0.2) is 43.2 Å². The van der Waals surface area contributed by atoms with Gasteiger partial charge in [-0.3, -0.25) is 0 Å². The number of benzene rings is 2. The van der Waals surface area contributed by atoms with Crippen LogP contribution in [0.25, 0.3) is 0 Å². The minimum atomic E-state index is -2.59. The first kappa shape index (κ1) is 21.1. The molecule has 2 rings (SSSR count). The van der Waals surface area contributed by atoms with E-state index in [4.69, 9.17) is 16.0 Å². The van der Waals surface area contributed by atoms with Crippen molar-refractivity contribution in [1.82, 2.24) is 0 Å². The third-order valence-electron chi connectivity index (χ3n) is 4.75. The molecular weight excluding hydrogens is 364 g/mol. The molecule has 0 fully saturated rings. The van der Waals surface area contributed by atoms with Crippen molar-refractivity contribution in [3.8, 4) is 0 Å². The summed E-state index contributed by atoms with van der Waals surface area (Å²) in [6.07, 6.45) is -1.47. The molecule has 0 bridgehead atoms. The second-order valence-corrected chi connectivity index (χ2v) is 12.2. The summed E-state index contributed by atoms with van der Waals surface area (Å²) >= 11 is 5.64. The maximum atomic E-state index is 10.1. The standard InChI is InChI=1S/C21H29ClO3Si/c1-21(2,3)26(17-10-6-4-7-11-17,18-12-8-5-9-13-18)25-15-14-19(23)20(24)16-22/h4-13,19-20,23-24H,14-16H2,1-3H3/t19-,20-/m0/s1. The topological polar surface area (TPSA) is 49.7 Å². The van der Waals surface area contributed by atoms with Gasteiger partial charge in [-0.15, -0.1) is 11.6 Å². The smallest absolute Gasteiger partial charge is 0.261 e. The fraction of sp³-hybridized carbons (Fsp3) is 0.429. The van der Waals surface area contributed by atoms with E-state index in [-0.39, 0.29) is 10.9 Å². The SMILES string of the molecule is CC(C)(C)[Si](OCC[C@H](O)[C@@H](O)CCl)(c1ccccc1)c1ccccc1. The van der Waals surface area contributed by atoms with Crippen LogP contribution < -0.4 is 10.4 Å². The van der Waals surface area contributed by atoms with Crippen molar-refractivity contribution < 1.29 is 14.6 Å². The van der Waals surface area contributed by atoms with Crippen LogP contribution in [0.2, 0.25) is 5.04 Å². The van der Waals surface area contributed by atoms with Crippen LogP contribution >= 0.6 is 11.6 Å². The molecule has 0 unspecified atom stereocenters. The molecule has 2 aromatic rings. The fourth-order valence-electron chi connectivity index (χ4n) is 3.39. The highest BCUT2D eigenvalue weighted by Gasteiger charge is 2.50. The van der Waals surface area contributed by atoms with Crippen LogP contribution in [0.1, 0.15) is 27.2 Å². The first-order valence-electron chi connectivity index (χ1n) is 9.00. The first-order chi connectivity index (χ1) is 12.3. The van der Waals surface area contributed by atoms with Gasteiger partial charge in [-0.05, 0) is 21.8 Å². The Morgan fingerprint density at radius 2 is 1.35 bits per heavy atom. The second kappa shape index (κ2) is 9.15. The third-order valence-corrected chi connectivity index (χ3v) is 10.1. The number of hydrogen-bond acceptors (Lipinski definition) is 3. The maximum Gasteiger partial charge on any atom is 0.261 e.